The molecule has 1 aliphatic heterocycles. The third-order valence-electron chi connectivity index (χ3n) is 5.72. The largest absolute Gasteiger partial charge is 0.488 e. The van der Waals surface area contributed by atoms with Gasteiger partial charge >= 0.3 is 0 Å². The highest BCUT2D eigenvalue weighted by Gasteiger charge is 2.20. The summed E-state index contributed by atoms with van der Waals surface area (Å²) in [4.78, 5) is 14.4. The molecule has 1 aliphatic rings. The van der Waals surface area contributed by atoms with Crippen LogP contribution in [-0.2, 0) is 4.74 Å². The summed E-state index contributed by atoms with van der Waals surface area (Å²) in [6.07, 6.45) is 2.11. The van der Waals surface area contributed by atoms with Crippen molar-refractivity contribution >= 4 is 16.8 Å². The topological polar surface area (TPSA) is 93.5 Å². The van der Waals surface area contributed by atoms with E-state index in [0.717, 1.165) is 31.5 Å². The molecule has 4 aromatic rings. The number of carbonyl (C=O) groups is 1. The molecular formula is C24H23FN4O4. The number of hydrogen-bond acceptors (Lipinski definition) is 6. The average molecular weight is 450 g/mol. The second-order valence-electron chi connectivity index (χ2n) is 7.89. The summed E-state index contributed by atoms with van der Waals surface area (Å²) >= 11 is 0. The molecule has 0 atom stereocenters. The van der Waals surface area contributed by atoms with Crippen molar-refractivity contribution in [1.29, 1.82) is 0 Å². The van der Waals surface area contributed by atoms with E-state index < -0.39 is 5.82 Å². The fraction of sp³-hybridized carbons (Fsp3) is 0.292. The second-order valence-corrected chi connectivity index (χ2v) is 7.89. The van der Waals surface area contributed by atoms with Crippen molar-refractivity contribution in [2.45, 2.75) is 12.8 Å². The van der Waals surface area contributed by atoms with Gasteiger partial charge in [-0.15, -0.1) is 0 Å². The van der Waals surface area contributed by atoms with Gasteiger partial charge in [-0.05, 0) is 31.0 Å². The van der Waals surface area contributed by atoms with E-state index >= 15 is 0 Å². The van der Waals surface area contributed by atoms with E-state index in [4.69, 9.17) is 14.0 Å². The number of fused-ring (bicyclic) bond motifs is 1. The highest BCUT2D eigenvalue weighted by molar-refractivity contribution is 5.95. The zero-order valence-corrected chi connectivity index (χ0v) is 18.1. The van der Waals surface area contributed by atoms with Crippen LogP contribution in [0.25, 0.3) is 33.6 Å². The quantitative estimate of drug-likeness (QED) is 0.423. The Morgan fingerprint density at radius 2 is 1.94 bits per heavy atom. The van der Waals surface area contributed by atoms with Crippen LogP contribution in [0.5, 0.6) is 5.75 Å². The van der Waals surface area contributed by atoms with Gasteiger partial charge in [-0.3, -0.25) is 9.89 Å². The molecule has 2 aromatic heterocycles. The van der Waals surface area contributed by atoms with E-state index in [2.05, 4.69) is 15.4 Å². The van der Waals surface area contributed by atoms with Gasteiger partial charge in [-0.1, -0.05) is 17.3 Å². The predicted molar refractivity (Wildman–Crippen MR) is 119 cm³/mol. The molecule has 2 aromatic carbocycles. The minimum absolute atomic E-state index is 0.0514. The van der Waals surface area contributed by atoms with Gasteiger partial charge in [0.2, 0.25) is 0 Å². The lowest BCUT2D eigenvalue weighted by molar-refractivity contribution is 0.0793. The van der Waals surface area contributed by atoms with E-state index in [1.807, 2.05) is 17.0 Å². The highest BCUT2D eigenvalue weighted by atomic mass is 19.1. The zero-order chi connectivity index (χ0) is 22.8. The summed E-state index contributed by atoms with van der Waals surface area (Å²) in [6, 6.07) is 12.0. The van der Waals surface area contributed by atoms with Gasteiger partial charge in [0.1, 0.15) is 18.0 Å². The minimum Gasteiger partial charge on any atom is -0.488 e. The first kappa shape index (κ1) is 21.1. The first-order valence-corrected chi connectivity index (χ1v) is 10.8. The van der Waals surface area contributed by atoms with Gasteiger partial charge in [-0.25, -0.2) is 4.39 Å². The summed E-state index contributed by atoms with van der Waals surface area (Å²) < 4.78 is 30.4. The lowest BCUT2D eigenvalue weighted by Crippen LogP contribution is -2.27. The molecule has 0 saturated carbocycles. The Bertz CT molecular complexity index is 1280. The first-order chi connectivity index (χ1) is 16.1. The molecular weight excluding hydrogens is 427 g/mol. The molecule has 1 N–H and O–H groups in total. The number of hydrogen-bond donors (Lipinski definition) is 1. The molecule has 170 valence electrons. The highest BCUT2D eigenvalue weighted by Crippen LogP contribution is 2.33. The number of H-pyrrole nitrogens is 1. The molecule has 8 nitrogen and oxygen atoms in total. The van der Waals surface area contributed by atoms with Gasteiger partial charge in [0.15, 0.2) is 17.3 Å². The summed E-state index contributed by atoms with van der Waals surface area (Å²) in [7, 11) is 1.55. The molecule has 1 saturated heterocycles. The smallest absolute Gasteiger partial charge is 0.253 e. The van der Waals surface area contributed by atoms with Crippen LogP contribution in [0.1, 0.15) is 23.2 Å². The van der Waals surface area contributed by atoms with Crippen LogP contribution < -0.4 is 4.74 Å². The van der Waals surface area contributed by atoms with Crippen LogP contribution in [0, 0.1) is 5.82 Å². The second kappa shape index (κ2) is 9.03. The molecule has 0 spiro atoms. The summed E-state index contributed by atoms with van der Waals surface area (Å²) in [5.41, 5.74) is 3.12. The van der Waals surface area contributed by atoms with Crippen LogP contribution in [-0.4, -0.2) is 59.6 Å². The Labute approximate surface area is 189 Å². The number of amides is 1. The summed E-state index contributed by atoms with van der Waals surface area (Å²) in [5.74, 6) is 0.0761. The van der Waals surface area contributed by atoms with E-state index in [9.17, 15) is 9.18 Å². The van der Waals surface area contributed by atoms with Crippen LogP contribution in [0.15, 0.2) is 47.0 Å². The third-order valence-corrected chi connectivity index (χ3v) is 5.72. The number of methoxy groups -OCH3 is 1. The molecule has 3 heterocycles. The lowest BCUT2D eigenvalue weighted by Gasteiger charge is -2.15. The van der Waals surface area contributed by atoms with E-state index in [1.54, 1.807) is 31.4 Å². The first-order valence-electron chi connectivity index (χ1n) is 10.8. The van der Waals surface area contributed by atoms with Crippen LogP contribution in [0.2, 0.25) is 0 Å². The number of halogens is 1. The third kappa shape index (κ3) is 4.19. The Balaban J connectivity index is 1.37. The number of carbonyl (C=O) groups excluding carboxylic acids is 1. The van der Waals surface area contributed by atoms with E-state index in [0.29, 0.717) is 40.2 Å². The molecule has 0 aliphatic carbocycles. The number of aromatic amines is 1. The van der Waals surface area contributed by atoms with Crippen molar-refractivity contribution in [3.05, 3.63) is 53.8 Å². The SMILES string of the molecule is COCCOc1cc2[nH]nc(-c3cc(-c4ccc(C(=O)N5CCCC5)cc4)no3)c2cc1F. The predicted octanol–water partition coefficient (Wildman–Crippen LogP) is 4.29. The number of nitrogens with one attached hydrogen (secondary N) is 1. The van der Waals surface area contributed by atoms with Crippen LogP contribution >= 0.6 is 0 Å². The van der Waals surface area contributed by atoms with Crippen molar-refractivity contribution in [3.8, 4) is 28.5 Å². The molecule has 33 heavy (non-hydrogen) atoms. The molecule has 0 unspecified atom stereocenters. The molecule has 0 bridgehead atoms. The number of benzene rings is 2. The summed E-state index contributed by atoms with van der Waals surface area (Å²) in [5, 5.41) is 11.9. The van der Waals surface area contributed by atoms with Crippen LogP contribution in [0.4, 0.5) is 4.39 Å². The lowest BCUT2D eigenvalue weighted by atomic mass is 10.1. The molecule has 0 radical (unpaired) electrons. The van der Waals surface area contributed by atoms with Crippen LogP contribution in [0.3, 0.4) is 0 Å². The van der Waals surface area contributed by atoms with Gasteiger partial charge in [-0.2, -0.15) is 5.10 Å². The zero-order valence-electron chi connectivity index (χ0n) is 18.1. The maximum absolute atomic E-state index is 14.5. The van der Waals surface area contributed by atoms with Gasteiger partial charge in [0, 0.05) is 48.8 Å². The Morgan fingerprint density at radius 1 is 1.15 bits per heavy atom. The molecule has 5 rings (SSSR count). The number of nitrogens with zero attached hydrogens (tertiary/aromatic N) is 3. The maximum Gasteiger partial charge on any atom is 0.253 e. The molecule has 1 fully saturated rings. The Kier molecular flexibility index (Phi) is 5.78. The van der Waals surface area contributed by atoms with Crippen molar-refractivity contribution in [2.75, 3.05) is 33.4 Å². The average Bonchev–Trinajstić information content (AvgIpc) is 3.60. The fourth-order valence-electron chi connectivity index (χ4n) is 3.96. The Hall–Kier alpha value is -3.72. The number of aromatic nitrogens is 3. The fourth-order valence-corrected chi connectivity index (χ4v) is 3.96. The molecule has 9 heteroatoms. The van der Waals surface area contributed by atoms with E-state index in [1.165, 1.54) is 6.07 Å². The van der Waals surface area contributed by atoms with Crippen molar-refractivity contribution in [1.82, 2.24) is 20.3 Å². The molecule has 1 amide bonds. The van der Waals surface area contributed by atoms with Crippen molar-refractivity contribution in [2.24, 2.45) is 0 Å². The minimum atomic E-state index is -0.501. The maximum atomic E-state index is 14.5. The Morgan fingerprint density at radius 3 is 2.70 bits per heavy atom. The monoisotopic (exact) mass is 450 g/mol. The van der Waals surface area contributed by atoms with Gasteiger partial charge in [0.05, 0.1) is 12.1 Å². The summed E-state index contributed by atoms with van der Waals surface area (Å²) in [6.45, 7) is 2.23. The number of ether oxygens (including phenoxy) is 2. The normalized spacial score (nSPS) is 13.7. The van der Waals surface area contributed by atoms with Gasteiger partial charge < -0.3 is 18.9 Å². The van der Waals surface area contributed by atoms with Crippen molar-refractivity contribution < 1.29 is 23.2 Å². The number of likely N-dealkylation sites (tertiary alicyclic amines) is 1. The standard InChI is InChI=1S/C24H23FN4O4/c1-31-10-11-32-21-14-20-17(12-18(21)25)23(27-26-20)22-13-19(28-33-22)15-4-6-16(7-5-15)24(30)29-8-2-3-9-29/h4-7,12-14H,2-3,8-11H2,1H3,(H,26,27). The van der Waals surface area contributed by atoms with E-state index in [-0.39, 0.29) is 18.3 Å². The van der Waals surface area contributed by atoms with Gasteiger partial charge in [0.25, 0.3) is 5.91 Å². The van der Waals surface area contributed by atoms with Crippen molar-refractivity contribution in [3.63, 3.8) is 0 Å². The number of rotatable bonds is 7.